The second kappa shape index (κ2) is 6.66. The molecule has 0 unspecified atom stereocenters. The first-order valence-electron chi connectivity index (χ1n) is 7.64. The lowest BCUT2D eigenvalue weighted by atomic mass is 10.0. The van der Waals surface area contributed by atoms with Crippen molar-refractivity contribution in [2.45, 2.75) is 51.5 Å². The topological polar surface area (TPSA) is 61.1 Å². The number of carbonyl (C=O) groups is 1. The Hall–Kier alpha value is -1.95. The highest BCUT2D eigenvalue weighted by Crippen LogP contribution is 2.30. The highest BCUT2D eigenvalue weighted by Gasteiger charge is 2.38. The molecule has 23 heavy (non-hydrogen) atoms. The van der Waals surface area contributed by atoms with E-state index in [4.69, 9.17) is 18.6 Å². The van der Waals surface area contributed by atoms with E-state index in [-0.39, 0.29) is 18.2 Å². The van der Waals surface area contributed by atoms with Gasteiger partial charge in [-0.2, -0.15) is 0 Å². The van der Waals surface area contributed by atoms with Crippen molar-refractivity contribution in [2.24, 2.45) is 0 Å². The lowest BCUT2D eigenvalue weighted by Gasteiger charge is -2.39. The maximum atomic E-state index is 12.4. The van der Waals surface area contributed by atoms with Gasteiger partial charge in [0.05, 0.1) is 12.3 Å². The summed E-state index contributed by atoms with van der Waals surface area (Å²) in [6.07, 6.45) is 2.47. The van der Waals surface area contributed by atoms with Crippen molar-refractivity contribution in [3.05, 3.63) is 30.2 Å². The Morgan fingerprint density at radius 2 is 2.04 bits per heavy atom. The van der Waals surface area contributed by atoms with Crippen LogP contribution >= 0.6 is 0 Å². The van der Waals surface area contributed by atoms with Crippen molar-refractivity contribution in [1.29, 1.82) is 0 Å². The van der Waals surface area contributed by atoms with Gasteiger partial charge in [0.1, 0.15) is 17.8 Å². The van der Waals surface area contributed by atoms with Gasteiger partial charge in [-0.25, -0.2) is 4.79 Å². The van der Waals surface area contributed by atoms with Crippen molar-refractivity contribution >= 4 is 11.9 Å². The van der Waals surface area contributed by atoms with Crippen LogP contribution in [0.1, 0.15) is 33.5 Å². The monoisotopic (exact) mass is 323 g/mol. The Morgan fingerprint density at radius 3 is 2.57 bits per heavy atom. The zero-order valence-corrected chi connectivity index (χ0v) is 14.5. The fourth-order valence-corrected chi connectivity index (χ4v) is 2.51. The van der Waals surface area contributed by atoms with Crippen molar-refractivity contribution < 1.29 is 23.4 Å². The van der Waals surface area contributed by atoms with Crippen LogP contribution in [-0.4, -0.2) is 49.0 Å². The van der Waals surface area contributed by atoms with Gasteiger partial charge in [0, 0.05) is 14.2 Å². The summed E-state index contributed by atoms with van der Waals surface area (Å²) in [6.45, 7) is 7.41. The minimum atomic E-state index is -0.557. The summed E-state index contributed by atoms with van der Waals surface area (Å²) in [5.74, 6) is 1.21. The number of hydrogen-bond acceptors (Lipinski definition) is 5. The number of methoxy groups -OCH3 is 1. The van der Waals surface area contributed by atoms with E-state index >= 15 is 0 Å². The van der Waals surface area contributed by atoms with E-state index in [1.807, 2.05) is 39.8 Å². The SMILES string of the molecule is CO[C@H]1[C@H](C)OC(c2ccco2)=C[C@@H]1N(C)C(=O)OC(C)(C)C. The van der Waals surface area contributed by atoms with Crippen LogP contribution in [0.25, 0.3) is 5.76 Å². The van der Waals surface area contributed by atoms with E-state index in [1.165, 1.54) is 4.90 Å². The number of ether oxygens (including phenoxy) is 3. The van der Waals surface area contributed by atoms with Crippen LogP contribution in [0.5, 0.6) is 0 Å². The number of carbonyl (C=O) groups excluding carboxylic acids is 1. The molecule has 1 aliphatic rings. The predicted octanol–water partition coefficient (Wildman–Crippen LogP) is 3.29. The molecule has 0 saturated carbocycles. The number of amides is 1. The number of nitrogens with zero attached hydrogens (tertiary/aromatic N) is 1. The zero-order valence-electron chi connectivity index (χ0n) is 14.5. The number of rotatable bonds is 3. The molecule has 1 aromatic heterocycles. The first-order chi connectivity index (χ1) is 10.7. The van der Waals surface area contributed by atoms with E-state index in [0.717, 1.165) is 0 Å². The Bertz CT molecular complexity index is 558. The third kappa shape index (κ3) is 4.07. The predicted molar refractivity (Wildman–Crippen MR) is 85.8 cm³/mol. The average Bonchev–Trinajstić information content (AvgIpc) is 2.97. The molecule has 0 fully saturated rings. The third-order valence-electron chi connectivity index (χ3n) is 3.60. The van der Waals surface area contributed by atoms with Gasteiger partial charge in [0.25, 0.3) is 0 Å². The van der Waals surface area contributed by atoms with Gasteiger partial charge < -0.3 is 23.5 Å². The molecule has 0 radical (unpaired) electrons. The summed E-state index contributed by atoms with van der Waals surface area (Å²) in [7, 11) is 3.30. The molecule has 0 saturated heterocycles. The van der Waals surface area contributed by atoms with E-state index in [0.29, 0.717) is 11.5 Å². The smallest absolute Gasteiger partial charge is 0.410 e. The molecule has 0 aliphatic carbocycles. The van der Waals surface area contributed by atoms with Gasteiger partial charge in [0.15, 0.2) is 11.5 Å². The van der Waals surface area contributed by atoms with Crippen molar-refractivity contribution in [2.75, 3.05) is 14.2 Å². The normalized spacial score (nSPS) is 24.6. The van der Waals surface area contributed by atoms with Gasteiger partial charge >= 0.3 is 6.09 Å². The molecule has 1 aliphatic heterocycles. The molecule has 6 nitrogen and oxygen atoms in total. The van der Waals surface area contributed by atoms with Crippen LogP contribution in [-0.2, 0) is 14.2 Å². The maximum absolute atomic E-state index is 12.4. The van der Waals surface area contributed by atoms with Crippen molar-refractivity contribution in [3.63, 3.8) is 0 Å². The molecule has 6 heteroatoms. The van der Waals surface area contributed by atoms with Gasteiger partial charge in [-0.1, -0.05) is 0 Å². The largest absolute Gasteiger partial charge is 0.484 e. The molecular weight excluding hydrogens is 298 g/mol. The molecule has 0 spiro atoms. The Labute approximate surface area is 137 Å². The van der Waals surface area contributed by atoms with Crippen LogP contribution < -0.4 is 0 Å². The molecule has 3 atom stereocenters. The van der Waals surface area contributed by atoms with Gasteiger partial charge in [-0.3, -0.25) is 0 Å². The molecule has 1 amide bonds. The number of furan rings is 1. The summed E-state index contributed by atoms with van der Waals surface area (Å²) in [5, 5.41) is 0. The summed E-state index contributed by atoms with van der Waals surface area (Å²) < 4.78 is 22.2. The first-order valence-corrected chi connectivity index (χ1v) is 7.64. The van der Waals surface area contributed by atoms with Crippen LogP contribution in [0.15, 0.2) is 28.9 Å². The maximum Gasteiger partial charge on any atom is 0.410 e. The van der Waals surface area contributed by atoms with E-state index in [9.17, 15) is 4.79 Å². The first kappa shape index (κ1) is 17.4. The van der Waals surface area contributed by atoms with Crippen LogP contribution in [0, 0.1) is 0 Å². The lowest BCUT2D eigenvalue weighted by molar-refractivity contribution is -0.0539. The molecule has 2 rings (SSSR count). The molecule has 0 bridgehead atoms. The Kier molecular flexibility index (Phi) is 5.04. The van der Waals surface area contributed by atoms with Crippen LogP contribution in [0.4, 0.5) is 4.79 Å². The van der Waals surface area contributed by atoms with Crippen LogP contribution in [0.2, 0.25) is 0 Å². The number of hydrogen-bond donors (Lipinski definition) is 0. The Morgan fingerprint density at radius 1 is 1.35 bits per heavy atom. The summed E-state index contributed by atoms with van der Waals surface area (Å²) >= 11 is 0. The minimum absolute atomic E-state index is 0.236. The molecule has 128 valence electrons. The molecule has 1 aromatic rings. The standard InChI is InChI=1S/C17H25NO5/c1-11-15(20-6)12(18(5)16(19)23-17(2,3)4)10-14(22-11)13-8-7-9-21-13/h7-12,15H,1-6H3/t11-,12-,15-/m0/s1. The minimum Gasteiger partial charge on any atom is -0.484 e. The van der Waals surface area contributed by atoms with Gasteiger partial charge in [-0.05, 0) is 45.9 Å². The summed E-state index contributed by atoms with van der Waals surface area (Å²) in [6, 6.07) is 3.29. The molecule has 2 heterocycles. The van der Waals surface area contributed by atoms with Crippen LogP contribution in [0.3, 0.4) is 0 Å². The van der Waals surface area contributed by atoms with Gasteiger partial charge in [0.2, 0.25) is 0 Å². The van der Waals surface area contributed by atoms with E-state index in [1.54, 1.807) is 26.5 Å². The third-order valence-corrected chi connectivity index (χ3v) is 3.60. The van der Waals surface area contributed by atoms with Crippen molar-refractivity contribution in [1.82, 2.24) is 4.90 Å². The molecular formula is C17H25NO5. The second-order valence-electron chi connectivity index (χ2n) is 6.61. The van der Waals surface area contributed by atoms with E-state index < -0.39 is 11.7 Å². The second-order valence-corrected chi connectivity index (χ2v) is 6.61. The number of likely N-dealkylation sites (N-methyl/N-ethyl adjacent to an activating group) is 1. The Balaban J connectivity index is 2.27. The zero-order chi connectivity index (χ0) is 17.2. The fourth-order valence-electron chi connectivity index (χ4n) is 2.51. The summed E-state index contributed by atoms with van der Waals surface area (Å²) in [4.78, 5) is 13.9. The highest BCUT2D eigenvalue weighted by atomic mass is 16.6. The average molecular weight is 323 g/mol. The fraction of sp³-hybridized carbons (Fsp3) is 0.588. The summed E-state index contributed by atoms with van der Waals surface area (Å²) in [5.41, 5.74) is -0.557. The highest BCUT2D eigenvalue weighted by molar-refractivity contribution is 5.69. The van der Waals surface area contributed by atoms with Crippen molar-refractivity contribution in [3.8, 4) is 0 Å². The van der Waals surface area contributed by atoms with E-state index in [2.05, 4.69) is 0 Å². The molecule has 0 aromatic carbocycles. The molecule has 0 N–H and O–H groups in total. The van der Waals surface area contributed by atoms with Gasteiger partial charge in [-0.15, -0.1) is 0 Å². The quantitative estimate of drug-likeness (QED) is 0.854. The lowest BCUT2D eigenvalue weighted by Crippen LogP contribution is -2.52.